The van der Waals surface area contributed by atoms with Crippen molar-refractivity contribution in [3.05, 3.63) is 48.0 Å². The zero-order valence-corrected chi connectivity index (χ0v) is 26.2. The summed E-state index contributed by atoms with van der Waals surface area (Å²) in [6.07, 6.45) is 22.4. The average molecular weight is 574 g/mol. The van der Waals surface area contributed by atoms with Crippen LogP contribution in [-0.2, 0) is 25.6 Å². The van der Waals surface area contributed by atoms with Gasteiger partial charge in [0.1, 0.15) is 18.3 Å². The average Bonchev–Trinajstić information content (AvgIpc) is 3.44. The molecular formula is C35H59NO5. The quantitative estimate of drug-likeness (QED) is 0.103. The third kappa shape index (κ3) is 12.9. The molecule has 5 atom stereocenters. The molecule has 6 heteroatoms. The highest BCUT2D eigenvalue weighted by Gasteiger charge is 2.56. The van der Waals surface area contributed by atoms with Gasteiger partial charge in [0, 0.05) is 12.6 Å². The lowest BCUT2D eigenvalue weighted by Crippen LogP contribution is -2.49. The highest BCUT2D eigenvalue weighted by Crippen LogP contribution is 2.40. The Bertz CT molecular complexity index is 816. The molecular weight excluding hydrogens is 514 g/mol. The van der Waals surface area contributed by atoms with Gasteiger partial charge < -0.3 is 29.4 Å². The highest BCUT2D eigenvalue weighted by molar-refractivity contribution is 5.13. The maximum atomic E-state index is 9.82. The van der Waals surface area contributed by atoms with Crippen molar-refractivity contribution in [2.75, 3.05) is 13.2 Å². The number of unbranched alkanes of at least 4 members (excludes halogenated alkanes) is 12. The molecule has 0 aromatic heterocycles. The molecule has 0 spiro atoms. The summed E-state index contributed by atoms with van der Waals surface area (Å²) in [6.45, 7) is 7.58. The van der Waals surface area contributed by atoms with E-state index in [0.29, 0.717) is 13.0 Å². The Kier molecular flexibility index (Phi) is 16.5. The minimum atomic E-state index is -0.696. The van der Waals surface area contributed by atoms with Gasteiger partial charge in [0.2, 0.25) is 0 Å². The Morgan fingerprint density at radius 2 is 1.51 bits per heavy atom. The van der Waals surface area contributed by atoms with Crippen LogP contribution in [0.1, 0.15) is 123 Å². The van der Waals surface area contributed by atoms with E-state index < -0.39 is 12.1 Å². The molecule has 41 heavy (non-hydrogen) atoms. The van der Waals surface area contributed by atoms with Crippen molar-refractivity contribution in [3.8, 4) is 0 Å². The van der Waals surface area contributed by atoms with Gasteiger partial charge in [-0.2, -0.15) is 0 Å². The van der Waals surface area contributed by atoms with E-state index in [-0.39, 0.29) is 31.0 Å². The fourth-order valence-corrected chi connectivity index (χ4v) is 5.97. The van der Waals surface area contributed by atoms with Gasteiger partial charge in [-0.25, -0.2) is 0 Å². The summed E-state index contributed by atoms with van der Waals surface area (Å²) in [4.78, 5) is 0. The van der Waals surface area contributed by atoms with Crippen LogP contribution in [0.25, 0.3) is 0 Å². The van der Waals surface area contributed by atoms with Gasteiger partial charge >= 0.3 is 0 Å². The molecule has 6 nitrogen and oxygen atoms in total. The number of fused-ring (bicyclic) bond motifs is 1. The molecule has 2 N–H and O–H groups in total. The normalized spacial score (nSPS) is 24.3. The molecule has 234 valence electrons. The highest BCUT2D eigenvalue weighted by atomic mass is 16.8. The Balaban J connectivity index is 1.30. The van der Waals surface area contributed by atoms with Crippen LogP contribution in [0.4, 0.5) is 0 Å². The van der Waals surface area contributed by atoms with Crippen LogP contribution >= 0.6 is 0 Å². The molecule has 0 bridgehead atoms. The minimum Gasteiger partial charge on any atom is -0.396 e. The van der Waals surface area contributed by atoms with Crippen LogP contribution in [0.2, 0.25) is 0 Å². The Hall–Kier alpha value is -1.28. The van der Waals surface area contributed by atoms with Crippen LogP contribution < -0.4 is 5.32 Å². The molecule has 2 fully saturated rings. The van der Waals surface area contributed by atoms with Crippen molar-refractivity contribution in [2.45, 2.75) is 160 Å². The molecule has 1 aromatic rings. The van der Waals surface area contributed by atoms with E-state index in [1.54, 1.807) is 0 Å². The predicted octanol–water partition coefficient (Wildman–Crippen LogP) is 7.83. The monoisotopic (exact) mass is 573 g/mol. The van der Waals surface area contributed by atoms with Gasteiger partial charge in [0.15, 0.2) is 12.1 Å². The molecule has 2 aliphatic rings. The molecule has 0 unspecified atom stereocenters. The largest absolute Gasteiger partial charge is 0.396 e. The summed E-state index contributed by atoms with van der Waals surface area (Å²) < 4.78 is 25.0. The van der Waals surface area contributed by atoms with Crippen LogP contribution in [0.15, 0.2) is 42.5 Å². The number of allylic oxidation sites excluding steroid dienone is 2. The summed E-state index contributed by atoms with van der Waals surface area (Å²) in [6, 6.07) is 10.2. The molecule has 0 saturated carbocycles. The second-order valence-corrected chi connectivity index (χ2v) is 12.3. The first-order valence-electron chi connectivity index (χ1n) is 16.7. The van der Waals surface area contributed by atoms with Crippen molar-refractivity contribution >= 4 is 0 Å². The molecule has 2 aliphatic heterocycles. The number of hydrogen-bond donors (Lipinski definition) is 2. The van der Waals surface area contributed by atoms with Gasteiger partial charge in [0.05, 0.1) is 6.61 Å². The first-order valence-corrected chi connectivity index (χ1v) is 16.7. The zero-order valence-electron chi connectivity index (χ0n) is 26.2. The van der Waals surface area contributed by atoms with Gasteiger partial charge in [-0.05, 0) is 64.5 Å². The second kappa shape index (κ2) is 19.8. The number of rotatable bonds is 23. The van der Waals surface area contributed by atoms with Crippen LogP contribution in [0, 0.1) is 0 Å². The van der Waals surface area contributed by atoms with Gasteiger partial charge in [-0.1, -0.05) is 107 Å². The van der Waals surface area contributed by atoms with Crippen LogP contribution in [-0.4, -0.2) is 54.7 Å². The molecule has 3 rings (SSSR count). The first kappa shape index (κ1) is 34.2. The second-order valence-electron chi connectivity index (χ2n) is 12.3. The zero-order chi connectivity index (χ0) is 29.2. The van der Waals surface area contributed by atoms with Crippen molar-refractivity contribution in [3.63, 3.8) is 0 Å². The lowest BCUT2D eigenvalue weighted by molar-refractivity contribution is -0.222. The maximum Gasteiger partial charge on any atom is 0.190 e. The van der Waals surface area contributed by atoms with Gasteiger partial charge in [0.25, 0.3) is 0 Å². The van der Waals surface area contributed by atoms with E-state index in [1.165, 1.54) is 83.5 Å². The molecule has 2 heterocycles. The minimum absolute atomic E-state index is 0.0233. The van der Waals surface area contributed by atoms with Gasteiger partial charge in [-0.15, -0.1) is 0 Å². The number of aliphatic hydroxyl groups is 1. The Morgan fingerprint density at radius 3 is 2.17 bits per heavy atom. The Morgan fingerprint density at radius 1 is 0.878 bits per heavy atom. The predicted molar refractivity (Wildman–Crippen MR) is 167 cm³/mol. The summed E-state index contributed by atoms with van der Waals surface area (Å²) in [5, 5.41) is 13.5. The third-order valence-electron chi connectivity index (χ3n) is 8.24. The Labute approximate surface area is 250 Å². The van der Waals surface area contributed by atoms with Crippen molar-refractivity contribution in [1.29, 1.82) is 0 Å². The fourth-order valence-electron chi connectivity index (χ4n) is 5.97. The van der Waals surface area contributed by atoms with Crippen molar-refractivity contribution in [1.82, 2.24) is 5.32 Å². The number of aliphatic hydroxyl groups excluding tert-OH is 1. The van der Waals surface area contributed by atoms with E-state index >= 15 is 0 Å². The third-order valence-corrected chi connectivity index (χ3v) is 8.24. The lowest BCUT2D eigenvalue weighted by atomic mass is 10.00. The molecule has 0 amide bonds. The summed E-state index contributed by atoms with van der Waals surface area (Å²) in [5.41, 5.74) is 1.11. The van der Waals surface area contributed by atoms with Crippen molar-refractivity contribution < 1.29 is 24.1 Å². The maximum absolute atomic E-state index is 9.82. The summed E-state index contributed by atoms with van der Waals surface area (Å²) in [7, 11) is 0. The smallest absolute Gasteiger partial charge is 0.190 e. The van der Waals surface area contributed by atoms with E-state index in [0.717, 1.165) is 18.5 Å². The number of benzene rings is 1. The summed E-state index contributed by atoms with van der Waals surface area (Å²) in [5.74, 6) is -0.696. The molecule has 0 radical (unpaired) electrons. The molecule has 2 saturated heterocycles. The lowest BCUT2D eigenvalue weighted by Gasteiger charge is -2.31. The number of hydrogen-bond acceptors (Lipinski definition) is 6. The van der Waals surface area contributed by atoms with E-state index in [9.17, 15) is 5.11 Å². The van der Waals surface area contributed by atoms with E-state index in [2.05, 4.69) is 36.5 Å². The standard InChI is InChI=1S/C35H59NO5/c1-4-5-6-7-8-9-10-11-12-13-14-15-16-17-18-22-26-36-30(25-27-37)31-32(38-28-29-23-20-19-21-24-29)33-34(39-31)41-35(2,3)40-33/h11-12,19-21,23-24,30-34,36-37H,4-10,13-18,22,25-28H2,1-3H3/b12-11-/t30-,31-,32+,33-,34-/m1/s1. The first-order chi connectivity index (χ1) is 20.0. The molecule has 1 aromatic carbocycles. The van der Waals surface area contributed by atoms with E-state index in [4.69, 9.17) is 18.9 Å². The fraction of sp³-hybridized carbons (Fsp3) is 0.771. The van der Waals surface area contributed by atoms with Crippen LogP contribution in [0.3, 0.4) is 0 Å². The topological polar surface area (TPSA) is 69.2 Å². The van der Waals surface area contributed by atoms with Gasteiger partial charge in [-0.3, -0.25) is 0 Å². The number of ether oxygens (including phenoxy) is 4. The van der Waals surface area contributed by atoms with Crippen molar-refractivity contribution in [2.24, 2.45) is 0 Å². The number of nitrogens with one attached hydrogen (secondary N) is 1. The molecule has 0 aliphatic carbocycles. The summed E-state index contributed by atoms with van der Waals surface area (Å²) >= 11 is 0. The van der Waals surface area contributed by atoms with E-state index in [1.807, 2.05) is 32.0 Å². The SMILES string of the molecule is CCCCCCCC/C=C\CCCCCCCCN[C@H](CCO)[C@H]1O[C@@H]2OC(C)(C)O[C@@H]2[C@H]1OCc1ccccc1. The van der Waals surface area contributed by atoms with Crippen LogP contribution in [0.5, 0.6) is 0 Å².